The molecule has 3 unspecified atom stereocenters. The van der Waals surface area contributed by atoms with Crippen LogP contribution in [-0.2, 0) is 17.2 Å². The van der Waals surface area contributed by atoms with Gasteiger partial charge in [0.1, 0.15) is 0 Å². The number of fused-ring (bicyclic) bond motifs is 1. The van der Waals surface area contributed by atoms with Crippen molar-refractivity contribution in [1.29, 1.82) is 0 Å². The summed E-state index contributed by atoms with van der Waals surface area (Å²) in [5, 5.41) is 3.66. The van der Waals surface area contributed by atoms with Crippen LogP contribution in [0.25, 0.3) is 0 Å². The first-order valence-electron chi connectivity index (χ1n) is 6.40. The molecule has 100 valence electrons. The molecule has 0 heterocycles. The highest BCUT2D eigenvalue weighted by atomic mass is 79.9. The number of nitrogens with one attached hydrogen (secondary N) is 1. The molecule has 1 aliphatic rings. The van der Waals surface area contributed by atoms with Crippen LogP contribution in [0.15, 0.2) is 22.7 Å². The Morgan fingerprint density at radius 3 is 3.06 bits per heavy atom. The van der Waals surface area contributed by atoms with Gasteiger partial charge < -0.3 is 5.32 Å². The van der Waals surface area contributed by atoms with Crippen molar-refractivity contribution in [3.63, 3.8) is 0 Å². The molecule has 3 atom stereocenters. The Bertz CT molecular complexity index is 449. The normalized spacial score (nSPS) is 21.6. The molecule has 0 amide bonds. The number of halogens is 1. The largest absolute Gasteiger partial charge is 0.307 e. The maximum atomic E-state index is 11.1. The second kappa shape index (κ2) is 6.31. The topological polar surface area (TPSA) is 29.1 Å². The fraction of sp³-hybridized carbons (Fsp3) is 0.571. The molecule has 2 nitrogen and oxygen atoms in total. The highest BCUT2D eigenvalue weighted by Crippen LogP contribution is 2.33. The highest BCUT2D eigenvalue weighted by Gasteiger charge is 2.23. The summed E-state index contributed by atoms with van der Waals surface area (Å²) in [6.45, 7) is 2.18. The lowest BCUT2D eigenvalue weighted by molar-refractivity contribution is 0.446. The summed E-state index contributed by atoms with van der Waals surface area (Å²) >= 11 is 3.52. The standard InChI is InChI=1S/C14H20BrNOS/c1-10(7-8-18(2)17)16-14-6-3-11-9-12(15)4-5-13(11)14/h4-5,9-10,14,16H,3,6-8H2,1-2H3. The van der Waals surface area contributed by atoms with E-state index in [1.807, 2.05) is 0 Å². The zero-order valence-corrected chi connectivity index (χ0v) is 13.3. The van der Waals surface area contributed by atoms with Gasteiger partial charge in [-0.3, -0.25) is 4.21 Å². The molecular formula is C14H20BrNOS. The molecule has 0 bridgehead atoms. The fourth-order valence-electron chi connectivity index (χ4n) is 2.53. The quantitative estimate of drug-likeness (QED) is 0.898. The van der Waals surface area contributed by atoms with Gasteiger partial charge in [0.25, 0.3) is 0 Å². The molecule has 0 aliphatic heterocycles. The first-order valence-corrected chi connectivity index (χ1v) is 8.92. The average Bonchev–Trinajstić information content (AvgIpc) is 2.69. The summed E-state index contributed by atoms with van der Waals surface area (Å²) in [7, 11) is -0.684. The summed E-state index contributed by atoms with van der Waals surface area (Å²) in [5.74, 6) is 0.786. The van der Waals surface area contributed by atoms with Gasteiger partial charge in [-0.2, -0.15) is 0 Å². The van der Waals surface area contributed by atoms with Gasteiger partial charge in [0, 0.05) is 39.4 Å². The van der Waals surface area contributed by atoms with Crippen LogP contribution in [0, 0.1) is 0 Å². The Balaban J connectivity index is 1.95. The molecule has 0 fully saturated rings. The Morgan fingerprint density at radius 2 is 2.33 bits per heavy atom. The predicted octanol–water partition coefficient (Wildman–Crippen LogP) is 3.18. The van der Waals surface area contributed by atoms with Crippen LogP contribution in [0.5, 0.6) is 0 Å². The molecule has 2 rings (SSSR count). The minimum absolute atomic E-state index is 0.425. The molecule has 18 heavy (non-hydrogen) atoms. The van der Waals surface area contributed by atoms with Gasteiger partial charge in [0.15, 0.2) is 0 Å². The van der Waals surface area contributed by atoms with E-state index in [-0.39, 0.29) is 0 Å². The third kappa shape index (κ3) is 3.65. The zero-order valence-electron chi connectivity index (χ0n) is 10.9. The number of hydrogen-bond acceptors (Lipinski definition) is 2. The van der Waals surface area contributed by atoms with Crippen LogP contribution >= 0.6 is 15.9 Å². The maximum absolute atomic E-state index is 11.1. The van der Waals surface area contributed by atoms with E-state index < -0.39 is 10.8 Å². The highest BCUT2D eigenvalue weighted by molar-refractivity contribution is 9.10. The smallest absolute Gasteiger partial charge is 0.0328 e. The van der Waals surface area contributed by atoms with Crippen molar-refractivity contribution in [3.8, 4) is 0 Å². The Labute approximate surface area is 120 Å². The number of hydrogen-bond donors (Lipinski definition) is 1. The molecule has 0 aromatic heterocycles. The summed E-state index contributed by atoms with van der Waals surface area (Å²) in [6.07, 6.45) is 5.07. The van der Waals surface area contributed by atoms with Gasteiger partial charge in [-0.15, -0.1) is 0 Å². The summed E-state index contributed by atoms with van der Waals surface area (Å²) < 4.78 is 12.3. The van der Waals surface area contributed by atoms with Crippen molar-refractivity contribution in [2.45, 2.75) is 38.3 Å². The predicted molar refractivity (Wildman–Crippen MR) is 81.4 cm³/mol. The first-order chi connectivity index (χ1) is 8.56. The van der Waals surface area contributed by atoms with Crippen molar-refractivity contribution in [2.75, 3.05) is 12.0 Å². The van der Waals surface area contributed by atoms with Crippen LogP contribution < -0.4 is 5.32 Å². The number of benzene rings is 1. The summed E-state index contributed by atoms with van der Waals surface area (Å²) in [5.41, 5.74) is 2.89. The minimum Gasteiger partial charge on any atom is -0.307 e. The monoisotopic (exact) mass is 329 g/mol. The van der Waals surface area contributed by atoms with Gasteiger partial charge in [0.05, 0.1) is 0 Å². The van der Waals surface area contributed by atoms with Crippen molar-refractivity contribution < 1.29 is 4.21 Å². The van der Waals surface area contributed by atoms with Gasteiger partial charge in [0.2, 0.25) is 0 Å². The fourth-order valence-corrected chi connectivity index (χ4v) is 3.62. The van der Waals surface area contributed by atoms with E-state index in [0.29, 0.717) is 12.1 Å². The van der Waals surface area contributed by atoms with E-state index in [1.165, 1.54) is 17.5 Å². The molecule has 4 heteroatoms. The molecule has 0 spiro atoms. The summed E-state index contributed by atoms with van der Waals surface area (Å²) in [4.78, 5) is 0. The minimum atomic E-state index is -0.684. The van der Waals surface area contributed by atoms with Crippen molar-refractivity contribution in [2.24, 2.45) is 0 Å². The van der Waals surface area contributed by atoms with E-state index in [9.17, 15) is 4.21 Å². The lowest BCUT2D eigenvalue weighted by atomic mass is 10.1. The van der Waals surface area contributed by atoms with Crippen LogP contribution in [0.2, 0.25) is 0 Å². The van der Waals surface area contributed by atoms with E-state index in [4.69, 9.17) is 0 Å². The van der Waals surface area contributed by atoms with Crippen LogP contribution in [0.1, 0.15) is 36.9 Å². The second-order valence-corrected chi connectivity index (χ2v) is 7.54. The Kier molecular flexibility index (Phi) is 4.98. The number of aryl methyl sites for hydroxylation is 1. The lowest BCUT2D eigenvalue weighted by Gasteiger charge is -2.20. The van der Waals surface area contributed by atoms with E-state index >= 15 is 0 Å². The molecule has 1 N–H and O–H groups in total. The molecule has 1 aliphatic carbocycles. The van der Waals surface area contributed by atoms with E-state index in [1.54, 1.807) is 6.26 Å². The molecule has 0 saturated heterocycles. The van der Waals surface area contributed by atoms with Crippen molar-refractivity contribution in [3.05, 3.63) is 33.8 Å². The third-order valence-electron chi connectivity index (χ3n) is 3.51. The third-order valence-corrected chi connectivity index (χ3v) is 4.81. The van der Waals surface area contributed by atoms with Crippen molar-refractivity contribution in [1.82, 2.24) is 5.32 Å². The molecule has 1 aromatic carbocycles. The van der Waals surface area contributed by atoms with Crippen LogP contribution in [-0.4, -0.2) is 22.3 Å². The van der Waals surface area contributed by atoms with Crippen LogP contribution in [0.4, 0.5) is 0 Å². The van der Waals surface area contributed by atoms with Gasteiger partial charge >= 0.3 is 0 Å². The lowest BCUT2D eigenvalue weighted by Crippen LogP contribution is -2.30. The Hall–Kier alpha value is -0.190. The zero-order chi connectivity index (χ0) is 13.1. The summed E-state index contributed by atoms with van der Waals surface area (Å²) in [6, 6.07) is 7.45. The van der Waals surface area contributed by atoms with E-state index in [2.05, 4.69) is 46.4 Å². The van der Waals surface area contributed by atoms with Gasteiger partial charge in [-0.05, 0) is 49.4 Å². The SMILES string of the molecule is CC(CCS(C)=O)NC1CCc2cc(Br)ccc21. The average molecular weight is 330 g/mol. The van der Waals surface area contributed by atoms with Gasteiger partial charge in [-0.1, -0.05) is 22.0 Å². The second-order valence-electron chi connectivity index (χ2n) is 5.07. The van der Waals surface area contributed by atoms with Gasteiger partial charge in [-0.25, -0.2) is 0 Å². The Morgan fingerprint density at radius 1 is 1.56 bits per heavy atom. The van der Waals surface area contributed by atoms with Crippen molar-refractivity contribution >= 4 is 26.7 Å². The van der Waals surface area contributed by atoms with Crippen LogP contribution in [0.3, 0.4) is 0 Å². The molecule has 0 saturated carbocycles. The molecule has 1 aromatic rings. The molecule has 0 radical (unpaired) electrons. The maximum Gasteiger partial charge on any atom is 0.0328 e. The molecular weight excluding hydrogens is 310 g/mol. The number of rotatable bonds is 5. The first kappa shape index (κ1) is 14.2. The van der Waals surface area contributed by atoms with E-state index in [0.717, 1.165) is 23.1 Å².